The van der Waals surface area contributed by atoms with E-state index in [0.29, 0.717) is 0 Å². The van der Waals surface area contributed by atoms with E-state index >= 15 is 0 Å². The smallest absolute Gasteiger partial charge is 0.235 e. The molecule has 0 fully saturated rings. The molecule has 0 aromatic rings. The Kier molecular flexibility index (Phi) is 4.98. The second-order valence-corrected chi connectivity index (χ2v) is 2.26. The molecular formula is C6H14N4O2. The Hall–Kier alpha value is -1.14. The fourth-order valence-electron chi connectivity index (χ4n) is 0.637. The van der Waals surface area contributed by atoms with Gasteiger partial charge in [-0.2, -0.15) is 0 Å². The molecule has 0 aliphatic carbocycles. The lowest BCUT2D eigenvalue weighted by Crippen LogP contribution is -2.49. The van der Waals surface area contributed by atoms with Crippen LogP contribution in [-0.4, -0.2) is 31.1 Å². The largest absolute Gasteiger partial charge is 0.335 e. The molecule has 0 radical (unpaired) electrons. The van der Waals surface area contributed by atoms with Gasteiger partial charge in [0.05, 0.1) is 19.3 Å². The maximum atomic E-state index is 10.7. The number of hydrogen-bond acceptors (Lipinski definition) is 4. The molecule has 0 saturated carbocycles. The Labute approximate surface area is 70.7 Å². The van der Waals surface area contributed by atoms with Gasteiger partial charge in [-0.1, -0.05) is 0 Å². The van der Waals surface area contributed by atoms with Gasteiger partial charge in [0.25, 0.3) is 0 Å². The van der Waals surface area contributed by atoms with E-state index in [1.165, 1.54) is 0 Å². The number of amides is 2. The Morgan fingerprint density at radius 3 is 1.75 bits per heavy atom. The summed E-state index contributed by atoms with van der Waals surface area (Å²) in [6, 6.07) is 0. The lowest BCUT2D eigenvalue weighted by Gasteiger charge is -2.14. The van der Waals surface area contributed by atoms with Crippen LogP contribution in [0.15, 0.2) is 0 Å². The van der Waals surface area contributed by atoms with Crippen molar-refractivity contribution < 1.29 is 9.59 Å². The van der Waals surface area contributed by atoms with Crippen LogP contribution in [-0.2, 0) is 9.59 Å². The van der Waals surface area contributed by atoms with Crippen LogP contribution in [0.25, 0.3) is 0 Å². The summed E-state index contributed by atoms with van der Waals surface area (Å²) in [7, 11) is 0. The molecule has 0 heterocycles. The van der Waals surface area contributed by atoms with E-state index < -0.39 is 6.17 Å². The lowest BCUT2D eigenvalue weighted by molar-refractivity contribution is -0.122. The van der Waals surface area contributed by atoms with Crippen LogP contribution in [0.2, 0.25) is 0 Å². The normalized spacial score (nSPS) is 9.67. The molecule has 0 rings (SSSR count). The maximum absolute atomic E-state index is 10.7. The van der Waals surface area contributed by atoms with E-state index in [2.05, 4.69) is 10.6 Å². The van der Waals surface area contributed by atoms with Gasteiger partial charge in [0.15, 0.2) is 0 Å². The van der Waals surface area contributed by atoms with Crippen molar-refractivity contribution >= 4 is 11.8 Å². The fourth-order valence-corrected chi connectivity index (χ4v) is 0.637. The summed E-state index contributed by atoms with van der Waals surface area (Å²) in [4.78, 5) is 21.3. The predicted molar refractivity (Wildman–Crippen MR) is 43.9 cm³/mol. The minimum absolute atomic E-state index is 0.0944. The molecular weight excluding hydrogens is 160 g/mol. The van der Waals surface area contributed by atoms with Crippen LogP contribution in [0.3, 0.4) is 0 Å². The van der Waals surface area contributed by atoms with Gasteiger partial charge in [-0.3, -0.25) is 9.59 Å². The molecule has 12 heavy (non-hydrogen) atoms. The number of carbonyl (C=O) groups is 2. The molecule has 0 spiro atoms. The van der Waals surface area contributed by atoms with Gasteiger partial charge in [-0.25, -0.2) is 0 Å². The Bertz CT molecular complexity index is 153. The van der Waals surface area contributed by atoms with E-state index in [9.17, 15) is 9.59 Å². The zero-order valence-electron chi connectivity index (χ0n) is 6.96. The summed E-state index contributed by atoms with van der Waals surface area (Å²) in [6.07, 6.45) is -0.433. The fraction of sp³-hybridized carbons (Fsp3) is 0.667. The van der Waals surface area contributed by atoms with Crippen molar-refractivity contribution in [2.75, 3.05) is 13.1 Å². The Balaban J connectivity index is 3.66. The van der Waals surface area contributed by atoms with E-state index in [1.54, 1.807) is 6.92 Å². The number of hydrogen-bond donors (Lipinski definition) is 4. The highest BCUT2D eigenvalue weighted by atomic mass is 16.2. The van der Waals surface area contributed by atoms with Crippen molar-refractivity contribution in [2.24, 2.45) is 11.5 Å². The number of rotatable bonds is 4. The molecule has 0 aliphatic rings. The molecule has 0 atom stereocenters. The maximum Gasteiger partial charge on any atom is 0.235 e. The first kappa shape index (κ1) is 10.9. The zero-order chi connectivity index (χ0) is 9.56. The second-order valence-electron chi connectivity index (χ2n) is 2.26. The predicted octanol–water partition coefficient (Wildman–Crippen LogP) is -2.52. The van der Waals surface area contributed by atoms with Crippen molar-refractivity contribution in [2.45, 2.75) is 13.1 Å². The van der Waals surface area contributed by atoms with Gasteiger partial charge in [-0.15, -0.1) is 0 Å². The molecule has 2 amide bonds. The lowest BCUT2D eigenvalue weighted by atomic mass is 10.4. The topological polar surface area (TPSA) is 110 Å². The SMILES string of the molecule is CC(NC(=O)CN)NC(=O)CN. The summed E-state index contributed by atoms with van der Waals surface area (Å²) >= 11 is 0. The van der Waals surface area contributed by atoms with Gasteiger partial charge >= 0.3 is 0 Å². The molecule has 70 valence electrons. The Morgan fingerprint density at radius 1 is 1.17 bits per heavy atom. The van der Waals surface area contributed by atoms with E-state index in [0.717, 1.165) is 0 Å². The van der Waals surface area contributed by atoms with Crippen LogP contribution in [0.4, 0.5) is 0 Å². The highest BCUT2D eigenvalue weighted by Gasteiger charge is 2.06. The van der Waals surface area contributed by atoms with Crippen LogP contribution in [0.1, 0.15) is 6.92 Å². The van der Waals surface area contributed by atoms with Crippen molar-refractivity contribution in [1.29, 1.82) is 0 Å². The van der Waals surface area contributed by atoms with E-state index in [-0.39, 0.29) is 24.9 Å². The van der Waals surface area contributed by atoms with Gasteiger partial charge < -0.3 is 22.1 Å². The summed E-state index contributed by atoms with van der Waals surface area (Å²) in [5, 5.41) is 4.89. The molecule has 0 aromatic heterocycles. The quantitative estimate of drug-likeness (QED) is 0.352. The molecule has 0 unspecified atom stereocenters. The Morgan fingerprint density at radius 2 is 1.50 bits per heavy atom. The minimum Gasteiger partial charge on any atom is -0.335 e. The number of carbonyl (C=O) groups excluding carboxylic acids is 2. The molecule has 6 heteroatoms. The number of nitrogens with one attached hydrogen (secondary N) is 2. The van der Waals surface area contributed by atoms with Crippen molar-refractivity contribution in [3.05, 3.63) is 0 Å². The average Bonchev–Trinajstić information content (AvgIpc) is 2.03. The van der Waals surface area contributed by atoms with Crippen molar-refractivity contribution in [1.82, 2.24) is 10.6 Å². The molecule has 6 nitrogen and oxygen atoms in total. The minimum atomic E-state index is -0.433. The van der Waals surface area contributed by atoms with Gasteiger partial charge in [0, 0.05) is 0 Å². The standard InChI is InChI=1S/C6H14N4O2/c1-4(9-5(11)2-7)10-6(12)3-8/h4H,2-3,7-8H2,1H3,(H,9,11)(H,10,12). The third kappa shape index (κ3) is 4.64. The molecule has 0 aromatic carbocycles. The van der Waals surface area contributed by atoms with Crippen LogP contribution >= 0.6 is 0 Å². The van der Waals surface area contributed by atoms with Crippen molar-refractivity contribution in [3.63, 3.8) is 0 Å². The first-order chi connectivity index (χ1) is 5.60. The molecule has 6 N–H and O–H groups in total. The first-order valence-electron chi connectivity index (χ1n) is 3.59. The van der Waals surface area contributed by atoms with E-state index in [4.69, 9.17) is 11.5 Å². The van der Waals surface area contributed by atoms with Crippen LogP contribution in [0, 0.1) is 0 Å². The summed E-state index contributed by atoms with van der Waals surface area (Å²) < 4.78 is 0. The second kappa shape index (κ2) is 5.50. The highest BCUT2D eigenvalue weighted by molar-refractivity contribution is 5.80. The average molecular weight is 174 g/mol. The van der Waals surface area contributed by atoms with Gasteiger partial charge in [0.1, 0.15) is 0 Å². The first-order valence-corrected chi connectivity index (χ1v) is 3.59. The van der Waals surface area contributed by atoms with Gasteiger partial charge in [0.2, 0.25) is 11.8 Å². The molecule has 0 aliphatic heterocycles. The third-order valence-corrected chi connectivity index (χ3v) is 1.13. The highest BCUT2D eigenvalue weighted by Crippen LogP contribution is 1.74. The third-order valence-electron chi connectivity index (χ3n) is 1.13. The summed E-state index contributed by atoms with van der Waals surface area (Å²) in [6.45, 7) is 1.44. The van der Waals surface area contributed by atoms with E-state index in [1.807, 2.05) is 0 Å². The van der Waals surface area contributed by atoms with Gasteiger partial charge in [-0.05, 0) is 6.92 Å². The molecule has 0 bridgehead atoms. The monoisotopic (exact) mass is 174 g/mol. The summed E-state index contributed by atoms with van der Waals surface area (Å²) in [5.74, 6) is -0.639. The van der Waals surface area contributed by atoms with Crippen molar-refractivity contribution in [3.8, 4) is 0 Å². The van der Waals surface area contributed by atoms with Crippen LogP contribution < -0.4 is 22.1 Å². The number of nitrogens with two attached hydrogens (primary N) is 2. The molecule has 0 saturated heterocycles. The zero-order valence-corrected chi connectivity index (χ0v) is 6.96. The summed E-state index contributed by atoms with van der Waals surface area (Å²) in [5.41, 5.74) is 10.1. The van der Waals surface area contributed by atoms with Crippen LogP contribution in [0.5, 0.6) is 0 Å².